The molecule has 1 saturated heterocycles. The summed E-state index contributed by atoms with van der Waals surface area (Å²) in [7, 11) is 0. The number of hydrogen-bond donors (Lipinski definition) is 3. The van der Waals surface area contributed by atoms with Crippen molar-refractivity contribution in [2.75, 3.05) is 13.1 Å². The lowest BCUT2D eigenvalue weighted by Gasteiger charge is -2.29. The maximum absolute atomic E-state index is 12.8. The summed E-state index contributed by atoms with van der Waals surface area (Å²) in [6, 6.07) is 5.67. The van der Waals surface area contributed by atoms with Gasteiger partial charge in [0, 0.05) is 31.1 Å². The summed E-state index contributed by atoms with van der Waals surface area (Å²) < 4.78 is 0. The molecule has 7 nitrogen and oxygen atoms in total. The maximum Gasteiger partial charge on any atom is 0.255 e. The molecule has 7 heteroatoms. The van der Waals surface area contributed by atoms with Crippen molar-refractivity contribution in [2.45, 2.75) is 58.3 Å². The molecular weight excluding hydrogens is 344 g/mol. The first-order valence-corrected chi connectivity index (χ1v) is 9.67. The van der Waals surface area contributed by atoms with Crippen molar-refractivity contribution >= 4 is 17.7 Å². The molecule has 1 aromatic carbocycles. The Labute approximate surface area is 159 Å². The molecule has 146 valence electrons. The highest BCUT2D eigenvalue weighted by Gasteiger charge is 2.39. The molecule has 1 unspecified atom stereocenters. The Hall–Kier alpha value is -2.25. The van der Waals surface area contributed by atoms with E-state index in [1.165, 1.54) is 0 Å². The standard InChI is InChI=1S/C20H28N4O3/c1-13(2)22-10-4-9-21-11-14-5-3-6-15-16(14)12-24(20(15)27)17-7-8-18(25)23-19(17)26/h3,5-6,13,17,21-22H,4,7-12H2,1-2H3,(H,23,25,26). The maximum atomic E-state index is 12.8. The van der Waals surface area contributed by atoms with E-state index in [2.05, 4.69) is 29.8 Å². The first-order valence-electron chi connectivity index (χ1n) is 9.67. The zero-order valence-corrected chi connectivity index (χ0v) is 16.0. The number of imide groups is 1. The average molecular weight is 372 g/mol. The van der Waals surface area contributed by atoms with E-state index in [0.717, 1.165) is 30.6 Å². The number of piperidine rings is 1. The van der Waals surface area contributed by atoms with Crippen LogP contribution in [0.15, 0.2) is 18.2 Å². The minimum Gasteiger partial charge on any atom is -0.322 e. The summed E-state index contributed by atoms with van der Waals surface area (Å²) in [6.45, 7) is 7.25. The van der Waals surface area contributed by atoms with Crippen molar-refractivity contribution in [1.82, 2.24) is 20.9 Å². The molecule has 27 heavy (non-hydrogen) atoms. The minimum atomic E-state index is -0.564. The van der Waals surface area contributed by atoms with E-state index in [4.69, 9.17) is 0 Å². The molecule has 0 aliphatic carbocycles. The van der Waals surface area contributed by atoms with E-state index in [-0.39, 0.29) is 24.1 Å². The van der Waals surface area contributed by atoms with E-state index in [9.17, 15) is 14.4 Å². The molecule has 2 aliphatic rings. The number of nitrogens with one attached hydrogen (secondary N) is 3. The quantitative estimate of drug-likeness (QED) is 0.466. The van der Waals surface area contributed by atoms with Gasteiger partial charge in [-0.2, -0.15) is 0 Å². The predicted molar refractivity (Wildman–Crippen MR) is 102 cm³/mol. The van der Waals surface area contributed by atoms with Crippen LogP contribution in [0, 0.1) is 0 Å². The third-order valence-electron chi connectivity index (χ3n) is 5.08. The van der Waals surface area contributed by atoms with Gasteiger partial charge in [-0.1, -0.05) is 26.0 Å². The molecule has 0 spiro atoms. The van der Waals surface area contributed by atoms with Crippen molar-refractivity contribution in [3.8, 4) is 0 Å². The number of rotatable bonds is 8. The molecule has 0 saturated carbocycles. The summed E-state index contributed by atoms with van der Waals surface area (Å²) in [5.41, 5.74) is 2.74. The molecule has 3 N–H and O–H groups in total. The Balaban J connectivity index is 1.60. The molecule has 3 rings (SSSR count). The Morgan fingerprint density at radius 3 is 2.78 bits per heavy atom. The largest absolute Gasteiger partial charge is 0.322 e. The van der Waals surface area contributed by atoms with E-state index < -0.39 is 6.04 Å². The first kappa shape index (κ1) is 19.5. The Bertz CT molecular complexity index is 732. The number of hydrogen-bond acceptors (Lipinski definition) is 5. The van der Waals surface area contributed by atoms with Crippen LogP contribution in [-0.4, -0.2) is 47.8 Å². The Morgan fingerprint density at radius 2 is 2.04 bits per heavy atom. The summed E-state index contributed by atoms with van der Waals surface area (Å²) in [5, 5.41) is 9.16. The highest BCUT2D eigenvalue weighted by molar-refractivity contribution is 6.05. The predicted octanol–water partition coefficient (Wildman–Crippen LogP) is 0.925. The smallest absolute Gasteiger partial charge is 0.255 e. The van der Waals surface area contributed by atoms with Gasteiger partial charge < -0.3 is 15.5 Å². The number of carbonyl (C=O) groups is 3. The van der Waals surface area contributed by atoms with Crippen LogP contribution in [0.3, 0.4) is 0 Å². The van der Waals surface area contributed by atoms with E-state index in [0.29, 0.717) is 31.1 Å². The fourth-order valence-electron chi connectivity index (χ4n) is 3.64. The molecule has 0 aromatic heterocycles. The van der Waals surface area contributed by atoms with Crippen LogP contribution in [0.5, 0.6) is 0 Å². The number of amides is 3. The molecular formula is C20H28N4O3. The topological polar surface area (TPSA) is 90.5 Å². The van der Waals surface area contributed by atoms with Crippen molar-refractivity contribution < 1.29 is 14.4 Å². The second-order valence-corrected chi connectivity index (χ2v) is 7.48. The summed E-state index contributed by atoms with van der Waals surface area (Å²) in [5.74, 6) is -0.760. The second-order valence-electron chi connectivity index (χ2n) is 7.48. The van der Waals surface area contributed by atoms with Crippen LogP contribution >= 0.6 is 0 Å². The van der Waals surface area contributed by atoms with Crippen LogP contribution in [0.4, 0.5) is 0 Å². The summed E-state index contributed by atoms with van der Waals surface area (Å²) in [6.07, 6.45) is 1.70. The highest BCUT2D eigenvalue weighted by Crippen LogP contribution is 2.29. The van der Waals surface area contributed by atoms with Gasteiger partial charge in [-0.05, 0) is 43.1 Å². The number of benzene rings is 1. The Kier molecular flexibility index (Phi) is 6.23. The SMILES string of the molecule is CC(C)NCCCNCc1cccc2c1CN(C1CCC(=O)NC1=O)C2=O. The number of nitrogens with zero attached hydrogens (tertiary/aromatic N) is 1. The van der Waals surface area contributed by atoms with Gasteiger partial charge in [0.2, 0.25) is 11.8 Å². The van der Waals surface area contributed by atoms with Crippen LogP contribution in [0.25, 0.3) is 0 Å². The van der Waals surface area contributed by atoms with E-state index >= 15 is 0 Å². The second kappa shape index (κ2) is 8.63. The Morgan fingerprint density at radius 1 is 1.22 bits per heavy atom. The first-order chi connectivity index (χ1) is 13.0. The van der Waals surface area contributed by atoms with Gasteiger partial charge in [0.15, 0.2) is 0 Å². The normalized spacial score (nSPS) is 19.6. The van der Waals surface area contributed by atoms with E-state index in [1.807, 2.05) is 18.2 Å². The van der Waals surface area contributed by atoms with Crippen molar-refractivity contribution in [3.05, 3.63) is 34.9 Å². The lowest BCUT2D eigenvalue weighted by Crippen LogP contribution is -2.52. The number of carbonyl (C=O) groups excluding carboxylic acids is 3. The van der Waals surface area contributed by atoms with Gasteiger partial charge in [0.1, 0.15) is 6.04 Å². The molecule has 0 radical (unpaired) electrons. The van der Waals surface area contributed by atoms with Gasteiger partial charge in [-0.3, -0.25) is 19.7 Å². The molecule has 1 fully saturated rings. The zero-order valence-electron chi connectivity index (χ0n) is 16.0. The van der Waals surface area contributed by atoms with Crippen LogP contribution in [-0.2, 0) is 22.7 Å². The lowest BCUT2D eigenvalue weighted by molar-refractivity contribution is -0.136. The van der Waals surface area contributed by atoms with Gasteiger partial charge in [-0.15, -0.1) is 0 Å². The van der Waals surface area contributed by atoms with Crippen molar-refractivity contribution in [1.29, 1.82) is 0 Å². The summed E-state index contributed by atoms with van der Waals surface area (Å²) >= 11 is 0. The van der Waals surface area contributed by atoms with E-state index in [1.54, 1.807) is 4.90 Å². The molecule has 2 aliphatic heterocycles. The molecule has 0 bridgehead atoms. The van der Waals surface area contributed by atoms with Crippen molar-refractivity contribution in [2.24, 2.45) is 0 Å². The molecule has 3 amide bonds. The van der Waals surface area contributed by atoms with Crippen LogP contribution in [0.2, 0.25) is 0 Å². The fourth-order valence-corrected chi connectivity index (χ4v) is 3.64. The molecule has 2 heterocycles. The van der Waals surface area contributed by atoms with Crippen molar-refractivity contribution in [3.63, 3.8) is 0 Å². The van der Waals surface area contributed by atoms with Crippen LogP contribution < -0.4 is 16.0 Å². The molecule has 1 atom stereocenters. The lowest BCUT2D eigenvalue weighted by atomic mass is 10.0. The molecule has 1 aromatic rings. The summed E-state index contributed by atoms with van der Waals surface area (Å²) in [4.78, 5) is 37.9. The monoisotopic (exact) mass is 372 g/mol. The third kappa shape index (κ3) is 4.54. The van der Waals surface area contributed by atoms with Gasteiger partial charge in [0.05, 0.1) is 0 Å². The van der Waals surface area contributed by atoms with Gasteiger partial charge in [0.25, 0.3) is 5.91 Å². The van der Waals surface area contributed by atoms with Crippen LogP contribution in [0.1, 0.15) is 54.6 Å². The fraction of sp³-hybridized carbons (Fsp3) is 0.550. The third-order valence-corrected chi connectivity index (χ3v) is 5.08. The highest BCUT2D eigenvalue weighted by atomic mass is 16.2. The van der Waals surface area contributed by atoms with Gasteiger partial charge >= 0.3 is 0 Å². The zero-order chi connectivity index (χ0) is 19.4. The number of fused-ring (bicyclic) bond motifs is 1. The van der Waals surface area contributed by atoms with Gasteiger partial charge in [-0.25, -0.2) is 0 Å². The minimum absolute atomic E-state index is 0.123. The average Bonchev–Trinajstić information content (AvgIpc) is 2.95.